The number of nitrogens with zero attached hydrogens (tertiary/aromatic N) is 2. The maximum absolute atomic E-state index is 12.4. The molecule has 0 aromatic heterocycles. The van der Waals surface area contributed by atoms with Crippen molar-refractivity contribution in [2.75, 3.05) is 45.6 Å². The summed E-state index contributed by atoms with van der Waals surface area (Å²) in [7, 11) is -3.34. The Morgan fingerprint density at radius 2 is 2.16 bits per heavy atom. The number of aliphatic hydroxyl groups excluding tert-OH is 1. The summed E-state index contributed by atoms with van der Waals surface area (Å²) in [5, 5.41) is 8.94. The van der Waals surface area contributed by atoms with Crippen LogP contribution in [0.1, 0.15) is 13.8 Å². The Kier molecular flexibility index (Phi) is 5.31. The van der Waals surface area contributed by atoms with Crippen LogP contribution in [0.2, 0.25) is 0 Å². The van der Waals surface area contributed by atoms with E-state index in [2.05, 4.69) is 0 Å². The molecule has 1 atom stereocenters. The number of hydrogen-bond acceptors (Lipinski definition) is 5. The minimum atomic E-state index is -3.34. The van der Waals surface area contributed by atoms with Gasteiger partial charge in [-0.25, -0.2) is 8.42 Å². The van der Waals surface area contributed by atoms with Crippen LogP contribution in [-0.2, 0) is 19.6 Å². The van der Waals surface area contributed by atoms with Crippen molar-refractivity contribution >= 4 is 15.9 Å². The monoisotopic (exact) mass is 294 g/mol. The van der Waals surface area contributed by atoms with Crippen LogP contribution >= 0.6 is 0 Å². The number of sulfonamides is 1. The van der Waals surface area contributed by atoms with Gasteiger partial charge >= 0.3 is 0 Å². The Morgan fingerprint density at radius 1 is 1.53 bits per heavy atom. The van der Waals surface area contributed by atoms with Crippen molar-refractivity contribution < 1.29 is 23.1 Å². The molecule has 0 aromatic carbocycles. The lowest BCUT2D eigenvalue weighted by Crippen LogP contribution is -2.60. The average Bonchev–Trinajstić information content (AvgIpc) is 2.34. The minimum absolute atomic E-state index is 0.00654. The van der Waals surface area contributed by atoms with Crippen LogP contribution in [0.3, 0.4) is 0 Å². The van der Waals surface area contributed by atoms with E-state index in [9.17, 15) is 13.2 Å². The summed E-state index contributed by atoms with van der Waals surface area (Å²) in [6, 6.07) is 0. The Bertz CT molecular complexity index is 425. The lowest BCUT2D eigenvalue weighted by molar-refractivity contribution is -0.163. The van der Waals surface area contributed by atoms with Gasteiger partial charge in [-0.3, -0.25) is 4.79 Å². The third-order valence-electron chi connectivity index (χ3n) is 3.20. The molecule has 1 fully saturated rings. The van der Waals surface area contributed by atoms with Crippen molar-refractivity contribution in [3.05, 3.63) is 0 Å². The molecule has 1 aliphatic heterocycles. The van der Waals surface area contributed by atoms with E-state index in [4.69, 9.17) is 9.84 Å². The SMILES string of the molecule is CCN(CCO)C(=O)[C@]1(C)CN(S(C)(=O)=O)CCO1. The van der Waals surface area contributed by atoms with Gasteiger partial charge in [-0.2, -0.15) is 4.31 Å². The van der Waals surface area contributed by atoms with Crippen LogP contribution in [0.4, 0.5) is 0 Å². The highest BCUT2D eigenvalue weighted by Crippen LogP contribution is 2.22. The average molecular weight is 294 g/mol. The summed E-state index contributed by atoms with van der Waals surface area (Å²) >= 11 is 0. The molecule has 0 bridgehead atoms. The lowest BCUT2D eigenvalue weighted by Gasteiger charge is -2.40. The summed E-state index contributed by atoms with van der Waals surface area (Å²) in [4.78, 5) is 13.8. The molecule has 1 rings (SSSR count). The maximum atomic E-state index is 12.4. The van der Waals surface area contributed by atoms with E-state index >= 15 is 0 Å². The minimum Gasteiger partial charge on any atom is -0.395 e. The van der Waals surface area contributed by atoms with E-state index in [1.54, 1.807) is 13.8 Å². The first kappa shape index (κ1) is 16.4. The highest BCUT2D eigenvalue weighted by molar-refractivity contribution is 7.88. The standard InChI is InChI=1S/C11H22N2O5S/c1-4-12(5-7-14)10(15)11(2)9-13(6-8-18-11)19(3,16)17/h14H,4-9H2,1-3H3/t11-/m0/s1. The van der Waals surface area contributed by atoms with Crippen LogP contribution < -0.4 is 0 Å². The zero-order valence-electron chi connectivity index (χ0n) is 11.6. The van der Waals surface area contributed by atoms with Gasteiger partial charge in [0.25, 0.3) is 5.91 Å². The number of rotatable bonds is 5. The van der Waals surface area contributed by atoms with Crippen LogP contribution in [0.15, 0.2) is 0 Å². The molecule has 112 valence electrons. The topological polar surface area (TPSA) is 87.2 Å². The molecule has 0 aliphatic carbocycles. The molecular weight excluding hydrogens is 272 g/mol. The van der Waals surface area contributed by atoms with Gasteiger partial charge in [-0.15, -0.1) is 0 Å². The number of ether oxygens (including phenoxy) is 1. The van der Waals surface area contributed by atoms with Gasteiger partial charge in [0, 0.05) is 19.6 Å². The van der Waals surface area contributed by atoms with E-state index in [1.807, 2.05) is 0 Å². The zero-order chi connectivity index (χ0) is 14.7. The molecule has 1 saturated heterocycles. The summed E-state index contributed by atoms with van der Waals surface area (Å²) in [6.45, 7) is 4.36. The number of morpholine rings is 1. The van der Waals surface area contributed by atoms with E-state index in [0.29, 0.717) is 6.54 Å². The maximum Gasteiger partial charge on any atom is 0.255 e. The largest absolute Gasteiger partial charge is 0.395 e. The first-order valence-electron chi connectivity index (χ1n) is 6.24. The highest BCUT2D eigenvalue weighted by Gasteiger charge is 2.43. The van der Waals surface area contributed by atoms with E-state index in [1.165, 1.54) is 9.21 Å². The van der Waals surface area contributed by atoms with Crippen molar-refractivity contribution in [1.29, 1.82) is 0 Å². The first-order valence-corrected chi connectivity index (χ1v) is 8.08. The second kappa shape index (κ2) is 6.17. The van der Waals surface area contributed by atoms with Gasteiger partial charge < -0.3 is 14.7 Å². The molecule has 1 aliphatic rings. The van der Waals surface area contributed by atoms with Gasteiger partial charge in [-0.05, 0) is 13.8 Å². The normalized spacial score (nSPS) is 25.3. The highest BCUT2D eigenvalue weighted by atomic mass is 32.2. The molecule has 1 amide bonds. The smallest absolute Gasteiger partial charge is 0.255 e. The van der Waals surface area contributed by atoms with E-state index in [0.717, 1.165) is 6.26 Å². The first-order chi connectivity index (χ1) is 8.74. The number of aliphatic hydroxyl groups is 1. The summed E-state index contributed by atoms with van der Waals surface area (Å²) in [6.07, 6.45) is 1.12. The van der Waals surface area contributed by atoms with Gasteiger partial charge in [0.2, 0.25) is 10.0 Å². The molecule has 8 heteroatoms. The second-order valence-electron chi connectivity index (χ2n) is 4.78. The molecule has 0 aromatic rings. The second-order valence-corrected chi connectivity index (χ2v) is 6.77. The van der Waals surface area contributed by atoms with Crippen LogP contribution in [0.25, 0.3) is 0 Å². The summed E-state index contributed by atoms with van der Waals surface area (Å²) in [5.41, 5.74) is -1.19. The van der Waals surface area contributed by atoms with Crippen molar-refractivity contribution in [3.8, 4) is 0 Å². The Balaban J connectivity index is 2.87. The van der Waals surface area contributed by atoms with Gasteiger partial charge in [-0.1, -0.05) is 0 Å². The third-order valence-corrected chi connectivity index (χ3v) is 4.45. The molecule has 7 nitrogen and oxygen atoms in total. The summed E-state index contributed by atoms with van der Waals surface area (Å²) < 4.78 is 29.9. The van der Waals surface area contributed by atoms with Crippen LogP contribution in [-0.4, -0.2) is 79.9 Å². The zero-order valence-corrected chi connectivity index (χ0v) is 12.4. The third kappa shape index (κ3) is 3.88. The summed E-state index contributed by atoms with van der Waals surface area (Å²) in [5.74, 6) is -0.294. The molecular formula is C11H22N2O5S. The predicted octanol–water partition coefficient (Wildman–Crippen LogP) is -1.12. The lowest BCUT2D eigenvalue weighted by atomic mass is 10.0. The van der Waals surface area contributed by atoms with Gasteiger partial charge in [0.05, 0.1) is 26.0 Å². The van der Waals surface area contributed by atoms with E-state index < -0.39 is 15.6 Å². The molecule has 0 unspecified atom stereocenters. The molecule has 1 N–H and O–H groups in total. The van der Waals surface area contributed by atoms with Crippen molar-refractivity contribution in [3.63, 3.8) is 0 Å². The van der Waals surface area contributed by atoms with Gasteiger partial charge in [0.1, 0.15) is 0 Å². The Hall–Kier alpha value is -0.700. The molecule has 1 heterocycles. The van der Waals surface area contributed by atoms with Crippen molar-refractivity contribution in [2.45, 2.75) is 19.4 Å². The fourth-order valence-corrected chi connectivity index (χ4v) is 2.99. The predicted molar refractivity (Wildman–Crippen MR) is 70.1 cm³/mol. The van der Waals surface area contributed by atoms with Gasteiger partial charge in [0.15, 0.2) is 5.60 Å². The van der Waals surface area contributed by atoms with E-state index in [-0.39, 0.29) is 38.8 Å². The quantitative estimate of drug-likeness (QED) is 0.694. The van der Waals surface area contributed by atoms with Crippen molar-refractivity contribution in [1.82, 2.24) is 9.21 Å². The fourth-order valence-electron chi connectivity index (χ4n) is 2.10. The molecule has 0 saturated carbocycles. The van der Waals surface area contributed by atoms with Crippen LogP contribution in [0.5, 0.6) is 0 Å². The van der Waals surface area contributed by atoms with Crippen LogP contribution in [0, 0.1) is 0 Å². The molecule has 0 radical (unpaired) electrons. The molecule has 0 spiro atoms. The Labute approximate surface area is 114 Å². The van der Waals surface area contributed by atoms with Crippen molar-refractivity contribution in [2.24, 2.45) is 0 Å². The number of carbonyl (C=O) groups is 1. The number of amides is 1. The number of likely N-dealkylation sites (N-methyl/N-ethyl adjacent to an activating group) is 1. The Morgan fingerprint density at radius 3 is 2.63 bits per heavy atom. The molecule has 19 heavy (non-hydrogen) atoms. The fraction of sp³-hybridized carbons (Fsp3) is 0.909. The number of carbonyl (C=O) groups excluding carboxylic acids is 1. The number of hydrogen-bond donors (Lipinski definition) is 1.